The van der Waals surface area contributed by atoms with Crippen LogP contribution in [0.4, 0.5) is 4.79 Å². The average Bonchev–Trinajstić information content (AvgIpc) is 3.97. The molecule has 1 aromatic carbocycles. The lowest BCUT2D eigenvalue weighted by molar-refractivity contribution is -0.142. The molecule has 13 nitrogen and oxygen atoms in total. The minimum Gasteiger partial charge on any atom is -0.472 e. The zero-order valence-corrected chi connectivity index (χ0v) is 29.1. The van der Waals surface area contributed by atoms with Crippen molar-refractivity contribution in [2.45, 2.75) is 107 Å². The van der Waals surface area contributed by atoms with Crippen molar-refractivity contribution in [1.29, 1.82) is 0 Å². The summed E-state index contributed by atoms with van der Waals surface area (Å²) in [6.07, 6.45) is 10.9. The first-order valence-electron chi connectivity index (χ1n) is 17.9. The van der Waals surface area contributed by atoms with Gasteiger partial charge in [0.2, 0.25) is 27.7 Å². The number of alkyl carbamates (subject to hydrolysis) is 1. The van der Waals surface area contributed by atoms with Gasteiger partial charge in [-0.2, -0.15) is 0 Å². The molecule has 3 heterocycles. The van der Waals surface area contributed by atoms with E-state index in [1.807, 2.05) is 43.3 Å². The Morgan fingerprint density at radius 1 is 1.10 bits per heavy atom. The van der Waals surface area contributed by atoms with Crippen molar-refractivity contribution in [3.8, 4) is 5.88 Å². The molecule has 4 bridgehead atoms. The number of amides is 4. The van der Waals surface area contributed by atoms with E-state index < -0.39 is 62.8 Å². The summed E-state index contributed by atoms with van der Waals surface area (Å²) in [6, 6.07) is 5.88. The highest BCUT2D eigenvalue weighted by atomic mass is 32.2. The molecule has 4 fully saturated rings. The monoisotopic (exact) mass is 707 g/mol. The summed E-state index contributed by atoms with van der Waals surface area (Å²) in [4.78, 5) is 61.3. The third-order valence-corrected chi connectivity index (χ3v) is 12.7. The second kappa shape index (κ2) is 13.8. The summed E-state index contributed by atoms with van der Waals surface area (Å²) in [7, 11) is -3.84. The number of hydrogen-bond donors (Lipinski definition) is 3. The smallest absolute Gasteiger partial charge is 0.407 e. The highest BCUT2D eigenvalue weighted by Gasteiger charge is 2.62. The zero-order valence-electron chi connectivity index (χ0n) is 28.3. The SMILES string of the molecule is CC[C@@H]1CC1(NC(=O)[C@@H]1C[C@@H]2CN1C(=O)[C@H](C1CCCC1)NC(=O)OCCC/C=C/c1ccc3ccnc(c3c1)O2)C(=O)NS(=O)(=O)C1CC1. The van der Waals surface area contributed by atoms with E-state index in [0.29, 0.717) is 38.0 Å². The number of hydrogen-bond acceptors (Lipinski definition) is 9. The van der Waals surface area contributed by atoms with E-state index in [2.05, 4.69) is 20.3 Å². The van der Waals surface area contributed by atoms with Crippen LogP contribution >= 0.6 is 0 Å². The molecule has 3 aliphatic carbocycles. The number of pyridine rings is 1. The Labute approximate surface area is 292 Å². The maximum absolute atomic E-state index is 14.5. The van der Waals surface area contributed by atoms with Crippen molar-refractivity contribution in [2.24, 2.45) is 11.8 Å². The molecule has 3 N–H and O–H groups in total. The number of cyclic esters (lactones) is 1. The lowest BCUT2D eigenvalue weighted by atomic mass is 9.96. The molecular weight excluding hydrogens is 662 g/mol. The maximum atomic E-state index is 14.5. The molecule has 50 heavy (non-hydrogen) atoms. The lowest BCUT2D eigenvalue weighted by Gasteiger charge is -2.32. The van der Waals surface area contributed by atoms with E-state index >= 15 is 0 Å². The second-order valence-electron chi connectivity index (χ2n) is 14.4. The fraction of sp³-hybridized carbons (Fsp3) is 0.583. The predicted molar refractivity (Wildman–Crippen MR) is 184 cm³/mol. The van der Waals surface area contributed by atoms with E-state index in [0.717, 1.165) is 42.0 Å². The lowest BCUT2D eigenvalue weighted by Crippen LogP contribution is -2.59. The van der Waals surface area contributed by atoms with Crippen LogP contribution in [-0.4, -0.2) is 84.2 Å². The van der Waals surface area contributed by atoms with Gasteiger partial charge in [-0.15, -0.1) is 0 Å². The fourth-order valence-electron chi connectivity index (χ4n) is 7.79. The number of fused-ring (bicyclic) bond motifs is 3. The normalized spacial score (nSPS) is 29.7. The van der Waals surface area contributed by atoms with Crippen molar-refractivity contribution in [3.63, 3.8) is 0 Å². The summed E-state index contributed by atoms with van der Waals surface area (Å²) >= 11 is 0. The summed E-state index contributed by atoms with van der Waals surface area (Å²) in [5.41, 5.74) is -0.459. The number of nitrogens with one attached hydrogen (secondary N) is 3. The highest BCUT2D eigenvalue weighted by Crippen LogP contribution is 2.47. The Bertz CT molecular complexity index is 1810. The van der Waals surface area contributed by atoms with Gasteiger partial charge in [-0.05, 0) is 79.9 Å². The highest BCUT2D eigenvalue weighted by molar-refractivity contribution is 7.91. The maximum Gasteiger partial charge on any atom is 0.407 e. The fourth-order valence-corrected chi connectivity index (χ4v) is 9.15. The quantitative estimate of drug-likeness (QED) is 0.389. The topological polar surface area (TPSA) is 173 Å². The van der Waals surface area contributed by atoms with Crippen molar-refractivity contribution in [3.05, 3.63) is 42.1 Å². The van der Waals surface area contributed by atoms with Gasteiger partial charge in [-0.1, -0.05) is 50.5 Å². The molecule has 2 aliphatic heterocycles. The molecule has 2 aromatic rings. The van der Waals surface area contributed by atoms with Crippen LogP contribution in [0.1, 0.15) is 83.1 Å². The number of ether oxygens (including phenoxy) is 2. The van der Waals surface area contributed by atoms with E-state index in [-0.39, 0.29) is 37.8 Å². The first kappa shape index (κ1) is 34.3. The van der Waals surface area contributed by atoms with Gasteiger partial charge < -0.3 is 25.0 Å². The molecule has 0 radical (unpaired) electrons. The van der Waals surface area contributed by atoms with Crippen molar-refractivity contribution >= 4 is 50.7 Å². The van der Waals surface area contributed by atoms with Gasteiger partial charge in [0.15, 0.2) is 0 Å². The zero-order chi connectivity index (χ0) is 35.0. The Morgan fingerprint density at radius 3 is 2.64 bits per heavy atom. The number of carbonyl (C=O) groups is 4. The van der Waals surface area contributed by atoms with Crippen LogP contribution in [0.5, 0.6) is 5.88 Å². The molecule has 7 rings (SSSR count). The average molecular weight is 708 g/mol. The van der Waals surface area contributed by atoms with E-state index in [9.17, 15) is 27.6 Å². The van der Waals surface area contributed by atoms with Gasteiger partial charge in [-0.25, -0.2) is 18.2 Å². The Balaban J connectivity index is 1.20. The predicted octanol–water partition coefficient (Wildman–Crippen LogP) is 3.57. The minimum absolute atomic E-state index is 0.0426. The van der Waals surface area contributed by atoms with Crippen LogP contribution < -0.4 is 20.1 Å². The van der Waals surface area contributed by atoms with E-state index in [4.69, 9.17) is 9.47 Å². The Kier molecular flexibility index (Phi) is 9.48. The van der Waals surface area contributed by atoms with Crippen LogP contribution in [0.2, 0.25) is 0 Å². The summed E-state index contributed by atoms with van der Waals surface area (Å²) in [5, 5.41) is 6.83. The molecule has 3 saturated carbocycles. The first-order valence-corrected chi connectivity index (χ1v) is 19.5. The van der Waals surface area contributed by atoms with E-state index in [1.165, 1.54) is 4.90 Å². The van der Waals surface area contributed by atoms with Gasteiger partial charge in [0, 0.05) is 18.0 Å². The molecular formula is C36H45N5O8S. The number of aromatic nitrogens is 1. The molecule has 1 saturated heterocycles. The molecule has 4 amide bonds. The van der Waals surface area contributed by atoms with Crippen LogP contribution in [0.15, 0.2) is 36.5 Å². The molecule has 268 valence electrons. The summed E-state index contributed by atoms with van der Waals surface area (Å²) in [5.74, 6) is -1.76. The number of sulfonamides is 1. The third-order valence-electron chi connectivity index (χ3n) is 10.9. The van der Waals surface area contributed by atoms with Crippen LogP contribution in [0.25, 0.3) is 16.8 Å². The van der Waals surface area contributed by atoms with Crippen molar-refractivity contribution < 1.29 is 37.1 Å². The van der Waals surface area contributed by atoms with Crippen LogP contribution in [0.3, 0.4) is 0 Å². The molecule has 14 heteroatoms. The number of benzene rings is 1. The first-order chi connectivity index (χ1) is 24.1. The van der Waals surface area contributed by atoms with Gasteiger partial charge in [0.1, 0.15) is 23.7 Å². The summed E-state index contributed by atoms with van der Waals surface area (Å²) in [6.45, 7) is 2.10. The van der Waals surface area contributed by atoms with Gasteiger partial charge in [0.25, 0.3) is 5.91 Å². The summed E-state index contributed by atoms with van der Waals surface area (Å²) < 4.78 is 39.6. The third kappa shape index (κ3) is 7.03. The van der Waals surface area contributed by atoms with Crippen LogP contribution in [0, 0.1) is 11.8 Å². The van der Waals surface area contributed by atoms with E-state index in [1.54, 1.807) is 6.20 Å². The molecule has 0 spiro atoms. The molecule has 5 atom stereocenters. The second-order valence-corrected chi connectivity index (χ2v) is 16.3. The van der Waals surface area contributed by atoms with Gasteiger partial charge >= 0.3 is 6.09 Å². The van der Waals surface area contributed by atoms with Gasteiger partial charge in [0.05, 0.1) is 18.4 Å². The Morgan fingerprint density at radius 2 is 1.90 bits per heavy atom. The number of allylic oxidation sites excluding steroid dienone is 1. The van der Waals surface area contributed by atoms with Gasteiger partial charge in [-0.3, -0.25) is 19.1 Å². The number of rotatable bonds is 7. The molecule has 1 unspecified atom stereocenters. The largest absolute Gasteiger partial charge is 0.472 e. The van der Waals surface area contributed by atoms with Crippen LogP contribution in [-0.2, 0) is 29.1 Å². The van der Waals surface area contributed by atoms with Crippen molar-refractivity contribution in [1.82, 2.24) is 25.2 Å². The number of carbonyl (C=O) groups excluding carboxylic acids is 4. The van der Waals surface area contributed by atoms with Crippen molar-refractivity contribution in [2.75, 3.05) is 13.2 Å². The standard InChI is InChI=1S/C36H45N5O8S/c1-2-25-20-36(25,34(44)40-50(46,47)27-13-14-27)39-31(42)29-19-26-21-41(29)33(43)30(24-9-5-6-10-24)38-35(45)48-17-7-3-4-8-22-11-12-23-15-16-37-32(49-26)28(23)18-22/h4,8,11-12,15-16,18,24-27,29-30H,2-3,5-7,9-10,13-14,17,19-21H2,1H3,(H,38,45)(H,39,42)(H,40,44)/b8-4+/t25-,26-,29+,30+,36?/m1/s1. The number of nitrogens with zero attached hydrogens (tertiary/aromatic N) is 2. The minimum atomic E-state index is -3.84. The molecule has 1 aromatic heterocycles. The molecule has 5 aliphatic rings. The Hall–Kier alpha value is -4.20.